The van der Waals surface area contributed by atoms with Gasteiger partial charge in [-0.3, -0.25) is 4.79 Å². The van der Waals surface area contributed by atoms with Crippen molar-refractivity contribution < 1.29 is 9.13 Å². The summed E-state index contributed by atoms with van der Waals surface area (Å²) < 4.78 is 23.0. The number of rotatable bonds is 6. The molecule has 0 aliphatic carbocycles. The molecular weight excluding hydrogens is 453 g/mol. The number of nitrogens with zero attached hydrogens (tertiary/aromatic N) is 4. The molecule has 2 aliphatic heterocycles. The standard InChI is InChI=1S/C22H25ClFN5O2S/c23-21-20(26-12-15-2-1-9-31-14-15)13-27-29(22(21)30)17-5-7-28(8-6-17)32-18-4-3-16(11-25)19(24)10-18/h3-4,10,13,15,17,26H,1-2,5-9,12,14H2. The van der Waals surface area contributed by atoms with E-state index in [2.05, 4.69) is 14.7 Å². The first-order chi connectivity index (χ1) is 15.5. The van der Waals surface area contributed by atoms with Crippen molar-refractivity contribution in [3.05, 3.63) is 51.2 Å². The maximum Gasteiger partial charge on any atom is 0.287 e. The van der Waals surface area contributed by atoms with Gasteiger partial charge >= 0.3 is 0 Å². The van der Waals surface area contributed by atoms with Gasteiger partial charge in [-0.25, -0.2) is 13.4 Å². The van der Waals surface area contributed by atoms with Gasteiger partial charge in [0.15, 0.2) is 0 Å². The molecule has 3 heterocycles. The van der Waals surface area contributed by atoms with Crippen molar-refractivity contribution in [3.8, 4) is 6.07 Å². The Kier molecular flexibility index (Phi) is 7.68. The number of aromatic nitrogens is 2. The molecule has 1 aromatic heterocycles. The van der Waals surface area contributed by atoms with Crippen molar-refractivity contribution in [2.75, 3.05) is 38.2 Å². The van der Waals surface area contributed by atoms with Crippen molar-refractivity contribution in [2.45, 2.75) is 36.6 Å². The van der Waals surface area contributed by atoms with E-state index in [9.17, 15) is 9.18 Å². The molecule has 4 rings (SSSR count). The lowest BCUT2D eigenvalue weighted by atomic mass is 10.0. The van der Waals surface area contributed by atoms with Gasteiger partial charge in [0.25, 0.3) is 5.56 Å². The SMILES string of the molecule is N#Cc1ccc(SN2CCC(n3ncc(NCC4CCCOC4)c(Cl)c3=O)CC2)cc1F. The molecule has 1 N–H and O–H groups in total. The van der Waals surface area contributed by atoms with E-state index in [0.29, 0.717) is 18.2 Å². The zero-order valence-electron chi connectivity index (χ0n) is 17.6. The number of halogens is 2. The summed E-state index contributed by atoms with van der Waals surface area (Å²) in [5, 5.41) is 16.7. The van der Waals surface area contributed by atoms with Crippen LogP contribution in [0.1, 0.15) is 37.3 Å². The Morgan fingerprint density at radius 1 is 1.34 bits per heavy atom. The van der Waals surface area contributed by atoms with Crippen LogP contribution in [-0.4, -0.2) is 46.9 Å². The van der Waals surface area contributed by atoms with Crippen LogP contribution >= 0.6 is 23.5 Å². The quantitative estimate of drug-likeness (QED) is 0.627. The summed E-state index contributed by atoms with van der Waals surface area (Å²) >= 11 is 7.83. The normalized spacial score (nSPS) is 20.1. The lowest BCUT2D eigenvalue weighted by Gasteiger charge is -2.31. The van der Waals surface area contributed by atoms with Gasteiger partial charge in [-0.15, -0.1) is 0 Å². The average Bonchev–Trinajstić information content (AvgIpc) is 2.82. The number of anilines is 1. The first-order valence-electron chi connectivity index (χ1n) is 10.8. The summed E-state index contributed by atoms with van der Waals surface area (Å²) in [6.07, 6.45) is 5.26. The Labute approximate surface area is 195 Å². The highest BCUT2D eigenvalue weighted by Gasteiger charge is 2.24. The van der Waals surface area contributed by atoms with Crippen LogP contribution in [0, 0.1) is 23.1 Å². The second-order valence-electron chi connectivity index (χ2n) is 8.09. The van der Waals surface area contributed by atoms with Crippen LogP contribution in [-0.2, 0) is 4.74 Å². The second-order valence-corrected chi connectivity index (χ2v) is 9.64. The van der Waals surface area contributed by atoms with Crippen LogP contribution in [0.4, 0.5) is 10.1 Å². The van der Waals surface area contributed by atoms with Crippen molar-refractivity contribution in [2.24, 2.45) is 5.92 Å². The molecule has 1 aromatic carbocycles. The number of hydrogen-bond acceptors (Lipinski definition) is 7. The average molecular weight is 478 g/mol. The largest absolute Gasteiger partial charge is 0.382 e. The van der Waals surface area contributed by atoms with Gasteiger partial charge in [-0.2, -0.15) is 10.4 Å². The Hall–Kier alpha value is -2.12. The Morgan fingerprint density at radius 3 is 2.84 bits per heavy atom. The van der Waals surface area contributed by atoms with Gasteiger partial charge < -0.3 is 10.1 Å². The summed E-state index contributed by atoms with van der Waals surface area (Å²) in [6, 6.07) is 6.42. The van der Waals surface area contributed by atoms with Gasteiger partial charge in [0, 0.05) is 31.1 Å². The minimum absolute atomic E-state index is 0.0321. The Bertz CT molecular complexity index is 1050. The molecule has 1 atom stereocenters. The minimum atomic E-state index is -0.512. The van der Waals surface area contributed by atoms with Gasteiger partial charge in [0.1, 0.15) is 16.9 Å². The molecule has 0 spiro atoms. The van der Waals surface area contributed by atoms with Crippen molar-refractivity contribution in [3.63, 3.8) is 0 Å². The zero-order chi connectivity index (χ0) is 22.5. The van der Waals surface area contributed by atoms with E-state index in [1.54, 1.807) is 12.3 Å². The lowest BCUT2D eigenvalue weighted by Crippen LogP contribution is -2.36. The van der Waals surface area contributed by atoms with Crippen LogP contribution in [0.2, 0.25) is 5.02 Å². The molecule has 2 aliphatic rings. The monoisotopic (exact) mass is 477 g/mol. The topological polar surface area (TPSA) is 83.2 Å². The Morgan fingerprint density at radius 2 is 2.16 bits per heavy atom. The molecule has 0 saturated carbocycles. The number of hydrogen-bond donors (Lipinski definition) is 1. The molecule has 0 amide bonds. The molecule has 1 unspecified atom stereocenters. The summed E-state index contributed by atoms with van der Waals surface area (Å²) in [5.74, 6) is -0.101. The zero-order valence-corrected chi connectivity index (χ0v) is 19.2. The van der Waals surface area contributed by atoms with Gasteiger partial charge in [-0.1, -0.05) is 11.6 Å². The second kappa shape index (κ2) is 10.7. The summed E-state index contributed by atoms with van der Waals surface area (Å²) in [5.41, 5.74) is 0.326. The van der Waals surface area contributed by atoms with Gasteiger partial charge in [0.05, 0.1) is 30.1 Å². The summed E-state index contributed by atoms with van der Waals surface area (Å²) in [4.78, 5) is 13.6. The summed E-state index contributed by atoms with van der Waals surface area (Å²) in [6.45, 7) is 3.70. The van der Waals surface area contributed by atoms with Crippen LogP contribution in [0.3, 0.4) is 0 Å². The van der Waals surface area contributed by atoms with Crippen molar-refractivity contribution in [1.82, 2.24) is 14.1 Å². The lowest BCUT2D eigenvalue weighted by molar-refractivity contribution is 0.0595. The third-order valence-electron chi connectivity index (χ3n) is 5.84. The fraction of sp³-hybridized carbons (Fsp3) is 0.500. The summed E-state index contributed by atoms with van der Waals surface area (Å²) in [7, 11) is 0. The maximum atomic E-state index is 13.8. The highest BCUT2D eigenvalue weighted by molar-refractivity contribution is 7.97. The van der Waals surface area contributed by atoms with Crippen LogP contribution in [0.15, 0.2) is 34.1 Å². The number of ether oxygens (including phenoxy) is 1. The van der Waals surface area contributed by atoms with Crippen molar-refractivity contribution >= 4 is 29.2 Å². The fourth-order valence-corrected chi connectivity index (χ4v) is 5.20. The molecule has 170 valence electrons. The molecule has 2 saturated heterocycles. The predicted molar refractivity (Wildman–Crippen MR) is 122 cm³/mol. The predicted octanol–water partition coefficient (Wildman–Crippen LogP) is 4.09. The molecule has 0 bridgehead atoms. The van der Waals surface area contributed by atoms with E-state index < -0.39 is 5.82 Å². The van der Waals surface area contributed by atoms with E-state index >= 15 is 0 Å². The van der Waals surface area contributed by atoms with Gasteiger partial charge in [-0.05, 0) is 61.7 Å². The molecule has 0 radical (unpaired) electrons. The number of nitriles is 1. The molecule has 32 heavy (non-hydrogen) atoms. The van der Waals surface area contributed by atoms with Crippen LogP contribution in [0.25, 0.3) is 0 Å². The first kappa shape index (κ1) is 23.1. The van der Waals surface area contributed by atoms with E-state index in [-0.39, 0.29) is 22.2 Å². The maximum absolute atomic E-state index is 13.8. The highest BCUT2D eigenvalue weighted by Crippen LogP contribution is 2.31. The third kappa shape index (κ3) is 5.44. The van der Waals surface area contributed by atoms with Crippen LogP contribution < -0.4 is 10.9 Å². The fourth-order valence-electron chi connectivity index (χ4n) is 4.02. The highest BCUT2D eigenvalue weighted by atomic mass is 35.5. The molecule has 7 nitrogen and oxygen atoms in total. The number of piperidine rings is 1. The van der Waals surface area contributed by atoms with E-state index in [1.165, 1.54) is 28.8 Å². The molecule has 2 fully saturated rings. The molecule has 2 aromatic rings. The van der Waals surface area contributed by atoms with E-state index in [4.69, 9.17) is 21.6 Å². The van der Waals surface area contributed by atoms with E-state index in [1.807, 2.05) is 6.07 Å². The molecular formula is C22H25ClFN5O2S. The first-order valence-corrected chi connectivity index (χ1v) is 11.9. The Balaban J connectivity index is 1.34. The van der Waals surface area contributed by atoms with Crippen LogP contribution in [0.5, 0.6) is 0 Å². The van der Waals surface area contributed by atoms with Gasteiger partial charge in [0.2, 0.25) is 0 Å². The van der Waals surface area contributed by atoms with Crippen molar-refractivity contribution in [1.29, 1.82) is 5.26 Å². The molecule has 10 heteroatoms. The third-order valence-corrected chi connectivity index (χ3v) is 7.30. The van der Waals surface area contributed by atoms with E-state index in [0.717, 1.165) is 56.9 Å². The number of nitrogens with one attached hydrogen (secondary N) is 1. The smallest absolute Gasteiger partial charge is 0.287 e. The minimum Gasteiger partial charge on any atom is -0.382 e. The number of benzene rings is 1.